The molecule has 1 atom stereocenters. The molecule has 3 amide bonds. The van der Waals surface area contributed by atoms with Gasteiger partial charge in [0.2, 0.25) is 5.91 Å². The third kappa shape index (κ3) is 3.41. The average Bonchev–Trinajstić information content (AvgIpc) is 2.73. The van der Waals surface area contributed by atoms with Crippen LogP contribution in [0.5, 0.6) is 0 Å². The van der Waals surface area contributed by atoms with Gasteiger partial charge in [-0.1, -0.05) is 29.3 Å². The molecule has 21 heavy (non-hydrogen) atoms. The van der Waals surface area contributed by atoms with Crippen LogP contribution in [0.3, 0.4) is 0 Å². The van der Waals surface area contributed by atoms with E-state index in [0.717, 1.165) is 5.56 Å². The summed E-state index contributed by atoms with van der Waals surface area (Å²) >= 11 is 11.9. The van der Waals surface area contributed by atoms with Crippen LogP contribution in [0, 0.1) is 0 Å². The molecule has 1 aliphatic heterocycles. The highest BCUT2D eigenvalue weighted by atomic mass is 35.5. The number of hydrogen-bond donors (Lipinski definition) is 1. The number of nitrogens with one attached hydrogen (secondary N) is 1. The van der Waals surface area contributed by atoms with Gasteiger partial charge in [-0.25, -0.2) is 4.79 Å². The Labute approximate surface area is 133 Å². The molecule has 0 radical (unpaired) electrons. The van der Waals surface area contributed by atoms with Gasteiger partial charge in [0, 0.05) is 30.2 Å². The Morgan fingerprint density at radius 1 is 1.43 bits per heavy atom. The number of urea groups is 1. The predicted molar refractivity (Wildman–Crippen MR) is 82.5 cm³/mol. The second-order valence-electron chi connectivity index (χ2n) is 4.92. The summed E-state index contributed by atoms with van der Waals surface area (Å²) < 4.78 is 0. The van der Waals surface area contributed by atoms with Crippen molar-refractivity contribution in [1.82, 2.24) is 15.1 Å². The SMILES string of the molecule is CCN1C(=O)N(C)C[C@H]1C(=O)NCc1ccc(Cl)cc1Cl. The molecule has 0 bridgehead atoms. The lowest BCUT2D eigenvalue weighted by Crippen LogP contribution is -2.45. The van der Waals surface area contributed by atoms with E-state index in [4.69, 9.17) is 23.2 Å². The van der Waals surface area contributed by atoms with E-state index < -0.39 is 6.04 Å². The summed E-state index contributed by atoms with van der Waals surface area (Å²) in [5, 5.41) is 3.88. The largest absolute Gasteiger partial charge is 0.350 e. The van der Waals surface area contributed by atoms with Gasteiger partial charge in [0.1, 0.15) is 6.04 Å². The van der Waals surface area contributed by atoms with E-state index in [1.165, 1.54) is 0 Å². The Bertz CT molecular complexity index is 565. The second kappa shape index (κ2) is 6.54. The predicted octanol–water partition coefficient (Wildman–Crippen LogP) is 2.37. The Morgan fingerprint density at radius 3 is 2.76 bits per heavy atom. The van der Waals surface area contributed by atoms with Crippen LogP contribution in [0.25, 0.3) is 0 Å². The van der Waals surface area contributed by atoms with Crippen LogP contribution in [0.2, 0.25) is 10.0 Å². The lowest BCUT2D eigenvalue weighted by molar-refractivity contribution is -0.124. The summed E-state index contributed by atoms with van der Waals surface area (Å²) in [6.07, 6.45) is 0. The summed E-state index contributed by atoms with van der Waals surface area (Å²) in [6.45, 7) is 3.06. The van der Waals surface area contributed by atoms with Crippen molar-refractivity contribution in [3.63, 3.8) is 0 Å². The molecule has 0 spiro atoms. The first kappa shape index (κ1) is 15.9. The molecule has 0 aromatic heterocycles. The maximum Gasteiger partial charge on any atom is 0.320 e. The van der Waals surface area contributed by atoms with Gasteiger partial charge < -0.3 is 15.1 Å². The van der Waals surface area contributed by atoms with Crippen molar-refractivity contribution in [1.29, 1.82) is 0 Å². The first-order chi connectivity index (χ1) is 9.93. The zero-order chi connectivity index (χ0) is 15.6. The van der Waals surface area contributed by atoms with Crippen molar-refractivity contribution >= 4 is 35.1 Å². The summed E-state index contributed by atoms with van der Waals surface area (Å²) in [5.41, 5.74) is 0.787. The summed E-state index contributed by atoms with van der Waals surface area (Å²) in [7, 11) is 1.69. The van der Waals surface area contributed by atoms with Crippen molar-refractivity contribution in [2.75, 3.05) is 20.1 Å². The minimum absolute atomic E-state index is 0.123. The highest BCUT2D eigenvalue weighted by molar-refractivity contribution is 6.35. The first-order valence-electron chi connectivity index (χ1n) is 6.67. The maximum atomic E-state index is 12.3. The fourth-order valence-corrected chi connectivity index (χ4v) is 2.81. The van der Waals surface area contributed by atoms with Gasteiger partial charge in [-0.3, -0.25) is 4.79 Å². The number of nitrogens with zero attached hydrogens (tertiary/aromatic N) is 2. The molecule has 5 nitrogen and oxygen atoms in total. The fraction of sp³-hybridized carbons (Fsp3) is 0.429. The number of likely N-dealkylation sites (N-methyl/N-ethyl adjacent to an activating group) is 2. The highest BCUT2D eigenvalue weighted by Crippen LogP contribution is 2.21. The number of rotatable bonds is 4. The van der Waals surface area contributed by atoms with Gasteiger partial charge in [0.05, 0.1) is 6.54 Å². The quantitative estimate of drug-likeness (QED) is 0.921. The molecule has 0 saturated carbocycles. The Morgan fingerprint density at radius 2 is 2.14 bits per heavy atom. The molecule has 1 aromatic carbocycles. The topological polar surface area (TPSA) is 52.7 Å². The number of hydrogen-bond acceptors (Lipinski definition) is 2. The molecule has 1 N–H and O–H groups in total. The molecule has 2 rings (SSSR count). The third-order valence-corrected chi connectivity index (χ3v) is 4.09. The summed E-state index contributed by atoms with van der Waals surface area (Å²) in [5.74, 6) is -0.180. The molecule has 1 saturated heterocycles. The lowest BCUT2D eigenvalue weighted by Gasteiger charge is -2.20. The molecule has 0 unspecified atom stereocenters. The van der Waals surface area contributed by atoms with Crippen molar-refractivity contribution in [2.45, 2.75) is 19.5 Å². The van der Waals surface area contributed by atoms with Crippen molar-refractivity contribution in [2.24, 2.45) is 0 Å². The van der Waals surface area contributed by atoms with E-state index in [-0.39, 0.29) is 11.9 Å². The minimum Gasteiger partial charge on any atom is -0.350 e. The Kier molecular flexibility index (Phi) is 4.96. The van der Waals surface area contributed by atoms with Gasteiger partial charge in [-0.05, 0) is 24.6 Å². The van der Waals surface area contributed by atoms with Crippen molar-refractivity contribution < 1.29 is 9.59 Å². The van der Waals surface area contributed by atoms with Crippen LogP contribution in [0.1, 0.15) is 12.5 Å². The fourth-order valence-electron chi connectivity index (χ4n) is 2.33. The highest BCUT2D eigenvalue weighted by Gasteiger charge is 2.38. The number of carbonyl (C=O) groups excluding carboxylic acids is 2. The van der Waals surface area contributed by atoms with Gasteiger partial charge in [-0.2, -0.15) is 0 Å². The molecule has 1 fully saturated rings. The van der Waals surface area contributed by atoms with Gasteiger partial charge in [0.15, 0.2) is 0 Å². The van der Waals surface area contributed by atoms with Crippen LogP contribution in [-0.4, -0.2) is 47.9 Å². The molecule has 1 aromatic rings. The van der Waals surface area contributed by atoms with Crippen LogP contribution >= 0.6 is 23.2 Å². The third-order valence-electron chi connectivity index (χ3n) is 3.51. The van der Waals surface area contributed by atoms with E-state index in [9.17, 15) is 9.59 Å². The molecular weight excluding hydrogens is 313 g/mol. The Balaban J connectivity index is 2.00. The van der Waals surface area contributed by atoms with E-state index in [2.05, 4.69) is 5.32 Å². The molecule has 7 heteroatoms. The Hall–Kier alpha value is -1.46. The molecular formula is C14H17Cl2N3O2. The second-order valence-corrected chi connectivity index (χ2v) is 5.76. The lowest BCUT2D eigenvalue weighted by atomic mass is 10.2. The number of halogens is 2. The number of benzene rings is 1. The number of carbonyl (C=O) groups is 2. The van der Waals surface area contributed by atoms with Gasteiger partial charge in [-0.15, -0.1) is 0 Å². The van der Waals surface area contributed by atoms with Crippen LogP contribution in [-0.2, 0) is 11.3 Å². The van der Waals surface area contributed by atoms with Crippen molar-refractivity contribution in [3.05, 3.63) is 33.8 Å². The maximum absolute atomic E-state index is 12.3. The van der Waals surface area contributed by atoms with E-state index in [1.807, 2.05) is 6.92 Å². The minimum atomic E-state index is -0.460. The molecule has 114 valence electrons. The zero-order valence-electron chi connectivity index (χ0n) is 11.9. The van der Waals surface area contributed by atoms with E-state index >= 15 is 0 Å². The molecule has 1 aliphatic rings. The van der Waals surface area contributed by atoms with E-state index in [0.29, 0.717) is 29.7 Å². The van der Waals surface area contributed by atoms with Crippen LogP contribution < -0.4 is 5.32 Å². The van der Waals surface area contributed by atoms with E-state index in [1.54, 1.807) is 35.0 Å². The normalized spacial score (nSPS) is 18.3. The van der Waals surface area contributed by atoms with Crippen LogP contribution in [0.4, 0.5) is 4.79 Å². The molecule has 1 heterocycles. The smallest absolute Gasteiger partial charge is 0.320 e. The number of amides is 3. The van der Waals surface area contributed by atoms with Crippen LogP contribution in [0.15, 0.2) is 18.2 Å². The average molecular weight is 330 g/mol. The monoisotopic (exact) mass is 329 g/mol. The summed E-state index contributed by atoms with van der Waals surface area (Å²) in [4.78, 5) is 27.2. The first-order valence-corrected chi connectivity index (χ1v) is 7.43. The van der Waals surface area contributed by atoms with Gasteiger partial charge >= 0.3 is 6.03 Å². The summed E-state index contributed by atoms with van der Waals surface area (Å²) in [6, 6.07) is 4.55. The van der Waals surface area contributed by atoms with Gasteiger partial charge in [0.25, 0.3) is 0 Å². The van der Waals surface area contributed by atoms with Crippen molar-refractivity contribution in [3.8, 4) is 0 Å². The standard InChI is InChI=1S/C14H17Cl2N3O2/c1-3-19-12(8-18(2)14(19)21)13(20)17-7-9-4-5-10(15)6-11(9)16/h4-6,12H,3,7-8H2,1-2H3,(H,17,20)/t12-/m0/s1. The molecule has 0 aliphatic carbocycles. The zero-order valence-corrected chi connectivity index (χ0v) is 13.4.